The van der Waals surface area contributed by atoms with Gasteiger partial charge in [0, 0.05) is 16.9 Å². The molecule has 2 N–H and O–H groups in total. The van der Waals surface area contributed by atoms with Gasteiger partial charge in [0.05, 0.1) is 11.3 Å². The number of benzene rings is 1. The lowest BCUT2D eigenvalue weighted by Crippen LogP contribution is -2.15. The first-order chi connectivity index (χ1) is 9.40. The van der Waals surface area contributed by atoms with Crippen LogP contribution < -0.4 is 4.72 Å². The van der Waals surface area contributed by atoms with Gasteiger partial charge in [0.15, 0.2) is 0 Å². The minimum atomic E-state index is -3.87. The molecule has 1 heterocycles. The molecule has 20 heavy (non-hydrogen) atoms. The maximum Gasteiger partial charge on any atom is 0.337 e. The number of nitrogens with one attached hydrogen (secondary N) is 1. The fourth-order valence-corrected chi connectivity index (χ4v) is 2.90. The quantitative estimate of drug-likeness (QED) is 0.876. The van der Waals surface area contributed by atoms with Crippen LogP contribution in [0.4, 0.5) is 5.69 Å². The number of carboxylic acid groups (broad SMARTS) is 1. The van der Waals surface area contributed by atoms with E-state index in [1.807, 2.05) is 0 Å². The molecule has 0 amide bonds. The molecule has 0 fully saturated rings. The molecule has 0 aliphatic carbocycles. The summed E-state index contributed by atoms with van der Waals surface area (Å²) in [7, 11) is -3.87. The van der Waals surface area contributed by atoms with Crippen molar-refractivity contribution in [2.75, 3.05) is 4.72 Å². The normalized spacial score (nSPS) is 11.1. The molecule has 1 aromatic carbocycles. The maximum absolute atomic E-state index is 12.1. The number of anilines is 1. The van der Waals surface area contributed by atoms with Gasteiger partial charge in [0.1, 0.15) is 4.90 Å². The Kier molecular flexibility index (Phi) is 4.05. The molecule has 0 spiro atoms. The number of sulfonamides is 1. The van der Waals surface area contributed by atoms with E-state index in [4.69, 9.17) is 5.11 Å². The summed E-state index contributed by atoms with van der Waals surface area (Å²) in [6, 6.07) is 7.10. The lowest BCUT2D eigenvalue weighted by molar-refractivity contribution is 0.0698. The zero-order valence-electron chi connectivity index (χ0n) is 9.95. The standard InChI is InChI=1S/C12H9BrN2O4S/c13-8-3-4-11(10(6-8)12(16)17)15-20(18,19)9-2-1-5-14-7-9/h1-7,15H,(H,16,17). The van der Waals surface area contributed by atoms with E-state index in [2.05, 4.69) is 25.6 Å². The van der Waals surface area contributed by atoms with Crippen LogP contribution in [0, 0.1) is 0 Å². The summed E-state index contributed by atoms with van der Waals surface area (Å²) in [4.78, 5) is 14.8. The van der Waals surface area contributed by atoms with Crippen molar-refractivity contribution in [3.8, 4) is 0 Å². The average molecular weight is 357 g/mol. The Morgan fingerprint density at radius 3 is 2.65 bits per heavy atom. The van der Waals surface area contributed by atoms with E-state index in [9.17, 15) is 13.2 Å². The van der Waals surface area contributed by atoms with E-state index < -0.39 is 16.0 Å². The highest BCUT2D eigenvalue weighted by atomic mass is 79.9. The monoisotopic (exact) mass is 356 g/mol. The molecule has 104 valence electrons. The first-order valence-corrected chi connectivity index (χ1v) is 7.63. The van der Waals surface area contributed by atoms with E-state index in [1.165, 1.54) is 36.7 Å². The van der Waals surface area contributed by atoms with Crippen molar-refractivity contribution in [2.24, 2.45) is 0 Å². The van der Waals surface area contributed by atoms with Crippen molar-refractivity contribution < 1.29 is 18.3 Å². The molecular formula is C12H9BrN2O4S. The molecule has 0 saturated heterocycles. The van der Waals surface area contributed by atoms with E-state index >= 15 is 0 Å². The molecule has 0 unspecified atom stereocenters. The van der Waals surface area contributed by atoms with Crippen LogP contribution in [-0.4, -0.2) is 24.5 Å². The highest BCUT2D eigenvalue weighted by Gasteiger charge is 2.18. The van der Waals surface area contributed by atoms with Gasteiger partial charge in [-0.15, -0.1) is 0 Å². The van der Waals surface area contributed by atoms with E-state index in [0.29, 0.717) is 4.47 Å². The molecule has 1 aromatic heterocycles. The Morgan fingerprint density at radius 1 is 1.30 bits per heavy atom. The van der Waals surface area contributed by atoms with Gasteiger partial charge < -0.3 is 5.11 Å². The largest absolute Gasteiger partial charge is 0.478 e. The Hall–Kier alpha value is -1.93. The topological polar surface area (TPSA) is 96.4 Å². The van der Waals surface area contributed by atoms with Gasteiger partial charge in [-0.3, -0.25) is 9.71 Å². The summed E-state index contributed by atoms with van der Waals surface area (Å²) in [6.45, 7) is 0. The molecule has 0 radical (unpaired) electrons. The number of rotatable bonds is 4. The SMILES string of the molecule is O=C(O)c1cc(Br)ccc1NS(=O)(=O)c1cccnc1. The predicted molar refractivity (Wildman–Crippen MR) is 76.1 cm³/mol. The van der Waals surface area contributed by atoms with Crippen molar-refractivity contribution in [1.82, 2.24) is 4.98 Å². The zero-order valence-corrected chi connectivity index (χ0v) is 12.3. The van der Waals surface area contributed by atoms with Gasteiger partial charge in [0.2, 0.25) is 0 Å². The second-order valence-corrected chi connectivity index (χ2v) is 6.39. The van der Waals surface area contributed by atoms with E-state index in [1.54, 1.807) is 6.07 Å². The molecular weight excluding hydrogens is 348 g/mol. The average Bonchev–Trinajstić information content (AvgIpc) is 2.41. The minimum absolute atomic E-state index is 0.00967. The minimum Gasteiger partial charge on any atom is -0.478 e. The first kappa shape index (κ1) is 14.5. The van der Waals surface area contributed by atoms with E-state index in [-0.39, 0.29) is 16.1 Å². The summed E-state index contributed by atoms with van der Waals surface area (Å²) >= 11 is 3.14. The third kappa shape index (κ3) is 3.14. The molecule has 0 saturated carbocycles. The molecule has 6 nitrogen and oxygen atoms in total. The fourth-order valence-electron chi connectivity index (χ4n) is 1.49. The van der Waals surface area contributed by atoms with Crippen molar-refractivity contribution in [1.29, 1.82) is 0 Å². The van der Waals surface area contributed by atoms with Crippen molar-refractivity contribution >= 4 is 37.6 Å². The highest BCUT2D eigenvalue weighted by Crippen LogP contribution is 2.23. The van der Waals surface area contributed by atoms with Crippen LogP contribution in [0.1, 0.15) is 10.4 Å². The van der Waals surface area contributed by atoms with Crippen LogP contribution in [0.5, 0.6) is 0 Å². The number of hydrogen-bond donors (Lipinski definition) is 2. The van der Waals surface area contributed by atoms with Crippen LogP contribution in [0.15, 0.2) is 52.1 Å². The Bertz CT molecular complexity index is 747. The molecule has 2 aromatic rings. The smallest absolute Gasteiger partial charge is 0.337 e. The third-order valence-electron chi connectivity index (χ3n) is 2.40. The number of pyridine rings is 1. The van der Waals surface area contributed by atoms with Crippen molar-refractivity contribution in [3.05, 3.63) is 52.8 Å². The maximum atomic E-state index is 12.1. The van der Waals surface area contributed by atoms with Gasteiger partial charge in [-0.1, -0.05) is 15.9 Å². The lowest BCUT2D eigenvalue weighted by Gasteiger charge is -2.10. The Balaban J connectivity index is 2.43. The van der Waals surface area contributed by atoms with Crippen LogP contribution >= 0.6 is 15.9 Å². The summed E-state index contributed by atoms with van der Waals surface area (Å²) in [6.07, 6.45) is 2.63. The lowest BCUT2D eigenvalue weighted by atomic mass is 10.2. The van der Waals surface area contributed by atoms with Gasteiger partial charge in [-0.05, 0) is 30.3 Å². The first-order valence-electron chi connectivity index (χ1n) is 5.36. The summed E-state index contributed by atoms with van der Waals surface area (Å²) in [5.41, 5.74) is -0.156. The zero-order chi connectivity index (χ0) is 14.8. The Labute approximate surface area is 123 Å². The number of aromatic nitrogens is 1. The number of aromatic carboxylic acids is 1. The van der Waals surface area contributed by atoms with Gasteiger partial charge in [-0.25, -0.2) is 13.2 Å². The van der Waals surface area contributed by atoms with Crippen molar-refractivity contribution in [3.63, 3.8) is 0 Å². The molecule has 8 heteroatoms. The van der Waals surface area contributed by atoms with Gasteiger partial charge >= 0.3 is 5.97 Å². The Morgan fingerprint density at radius 2 is 2.05 bits per heavy atom. The molecule has 0 atom stereocenters. The predicted octanol–water partition coefficient (Wildman–Crippen LogP) is 2.34. The van der Waals surface area contributed by atoms with Crippen molar-refractivity contribution in [2.45, 2.75) is 4.90 Å². The molecule has 0 aliphatic rings. The summed E-state index contributed by atoms with van der Waals surface area (Å²) in [5, 5.41) is 9.09. The van der Waals surface area contributed by atoms with Crippen LogP contribution in [0.3, 0.4) is 0 Å². The molecule has 0 bridgehead atoms. The van der Waals surface area contributed by atoms with Crippen LogP contribution in [-0.2, 0) is 10.0 Å². The van der Waals surface area contributed by atoms with Crippen LogP contribution in [0.2, 0.25) is 0 Å². The molecule has 2 rings (SSSR count). The number of nitrogens with zero attached hydrogens (tertiary/aromatic N) is 1. The third-order valence-corrected chi connectivity index (χ3v) is 4.25. The molecule has 0 aliphatic heterocycles. The summed E-state index contributed by atoms with van der Waals surface area (Å²) < 4.78 is 27.0. The number of carboxylic acids is 1. The van der Waals surface area contributed by atoms with Gasteiger partial charge in [-0.2, -0.15) is 0 Å². The second-order valence-electron chi connectivity index (χ2n) is 3.79. The van der Waals surface area contributed by atoms with Gasteiger partial charge in [0.25, 0.3) is 10.0 Å². The van der Waals surface area contributed by atoms with Crippen LogP contribution in [0.25, 0.3) is 0 Å². The highest BCUT2D eigenvalue weighted by molar-refractivity contribution is 9.10. The number of hydrogen-bond acceptors (Lipinski definition) is 4. The number of carbonyl (C=O) groups is 1. The second kappa shape index (κ2) is 5.59. The summed E-state index contributed by atoms with van der Waals surface area (Å²) in [5.74, 6) is -1.23. The van der Waals surface area contributed by atoms with E-state index in [0.717, 1.165) is 0 Å². The number of halogens is 1. The fraction of sp³-hybridized carbons (Fsp3) is 0.